The van der Waals surface area contributed by atoms with E-state index in [1.54, 1.807) is 25.1 Å². The summed E-state index contributed by atoms with van der Waals surface area (Å²) < 4.78 is 10.6. The lowest BCUT2D eigenvalue weighted by molar-refractivity contribution is -0.385. The highest BCUT2D eigenvalue weighted by molar-refractivity contribution is 6.43. The molecule has 3 rings (SSSR count). The molecule has 1 saturated heterocycles. The normalized spacial score (nSPS) is 14.1. The predicted octanol–water partition coefficient (Wildman–Crippen LogP) is 5.38. The van der Waals surface area contributed by atoms with Gasteiger partial charge < -0.3 is 14.4 Å². The van der Waals surface area contributed by atoms with Gasteiger partial charge in [-0.25, -0.2) is 0 Å². The second kappa shape index (κ2) is 13.5. The largest absolute Gasteiger partial charge is 0.493 e. The second-order valence-electron chi connectivity index (χ2n) is 8.31. The highest BCUT2D eigenvalue weighted by Gasteiger charge is 2.20. The Bertz CT molecular complexity index is 1010. The summed E-state index contributed by atoms with van der Waals surface area (Å²) in [6.07, 6.45) is 2.18. The number of benzene rings is 2. The number of ether oxygens (including phenoxy) is 2. The number of carbonyl (C=O) groups excluding carboxylic acids is 1. The molecule has 10 heteroatoms. The van der Waals surface area contributed by atoms with E-state index in [1.165, 1.54) is 6.07 Å². The van der Waals surface area contributed by atoms with Crippen LogP contribution in [-0.4, -0.2) is 61.7 Å². The van der Waals surface area contributed by atoms with Crippen molar-refractivity contribution in [3.05, 3.63) is 62.1 Å². The molecule has 1 aliphatic heterocycles. The zero-order valence-corrected chi connectivity index (χ0v) is 21.4. The van der Waals surface area contributed by atoms with Gasteiger partial charge in [-0.15, -0.1) is 0 Å². The number of nitro groups is 1. The van der Waals surface area contributed by atoms with Crippen molar-refractivity contribution in [3.63, 3.8) is 0 Å². The fourth-order valence-electron chi connectivity index (χ4n) is 4.06. The molecule has 0 N–H and O–H groups in total. The number of hydrogen-bond acceptors (Lipinski definition) is 7. The van der Waals surface area contributed by atoms with Crippen molar-refractivity contribution in [2.75, 3.05) is 50.8 Å². The zero-order chi connectivity index (χ0) is 25.2. The van der Waals surface area contributed by atoms with Crippen LogP contribution in [0.1, 0.15) is 31.7 Å². The highest BCUT2D eigenvalue weighted by Crippen LogP contribution is 2.33. The Kier molecular flexibility index (Phi) is 10.4. The van der Waals surface area contributed by atoms with Crippen molar-refractivity contribution in [1.82, 2.24) is 4.90 Å². The molecular formula is C25H31Cl2N3O5. The van der Waals surface area contributed by atoms with Crippen LogP contribution in [0.15, 0.2) is 36.4 Å². The zero-order valence-electron chi connectivity index (χ0n) is 19.9. The van der Waals surface area contributed by atoms with Crippen LogP contribution in [0.3, 0.4) is 0 Å². The lowest BCUT2D eigenvalue weighted by atomic mass is 10.1. The van der Waals surface area contributed by atoms with E-state index in [1.807, 2.05) is 12.1 Å². The van der Waals surface area contributed by atoms with Crippen LogP contribution in [0.5, 0.6) is 5.75 Å². The smallest absolute Gasteiger partial charge is 0.306 e. The number of unbranched alkanes of at least 4 members (excludes halogenated alkanes) is 1. The lowest BCUT2D eigenvalue weighted by Crippen LogP contribution is -2.46. The Morgan fingerprint density at radius 3 is 2.60 bits per heavy atom. The van der Waals surface area contributed by atoms with Crippen molar-refractivity contribution < 1.29 is 19.2 Å². The van der Waals surface area contributed by atoms with E-state index in [0.29, 0.717) is 34.6 Å². The molecule has 0 bridgehead atoms. The van der Waals surface area contributed by atoms with E-state index in [4.69, 9.17) is 32.7 Å². The van der Waals surface area contributed by atoms with E-state index in [0.717, 1.165) is 51.3 Å². The fraction of sp³-hybridized carbons (Fsp3) is 0.480. The molecule has 0 radical (unpaired) electrons. The molecule has 0 aromatic heterocycles. The molecule has 8 nitrogen and oxygen atoms in total. The molecule has 190 valence electrons. The van der Waals surface area contributed by atoms with E-state index in [9.17, 15) is 14.9 Å². The summed E-state index contributed by atoms with van der Waals surface area (Å²) in [6.45, 7) is 7.15. The van der Waals surface area contributed by atoms with Crippen LogP contribution < -0.4 is 9.64 Å². The second-order valence-corrected chi connectivity index (χ2v) is 9.10. The quantitative estimate of drug-likeness (QED) is 0.160. The Hall–Kier alpha value is -2.55. The number of piperazine rings is 1. The molecule has 0 atom stereocenters. The van der Waals surface area contributed by atoms with Crippen molar-refractivity contribution >= 4 is 40.5 Å². The first kappa shape index (κ1) is 27.0. The third kappa shape index (κ3) is 7.98. The third-order valence-electron chi connectivity index (χ3n) is 5.94. The topological polar surface area (TPSA) is 85.2 Å². The summed E-state index contributed by atoms with van der Waals surface area (Å²) in [5, 5.41) is 12.6. The molecule has 0 aliphatic carbocycles. The molecule has 35 heavy (non-hydrogen) atoms. The highest BCUT2D eigenvalue weighted by atomic mass is 35.5. The van der Waals surface area contributed by atoms with Crippen LogP contribution in [0.25, 0.3) is 0 Å². The minimum Gasteiger partial charge on any atom is -0.493 e. The van der Waals surface area contributed by atoms with Gasteiger partial charge in [-0.05, 0) is 57.0 Å². The molecule has 1 aliphatic rings. The van der Waals surface area contributed by atoms with E-state index in [2.05, 4.69) is 9.80 Å². The first-order valence-corrected chi connectivity index (χ1v) is 12.6. The van der Waals surface area contributed by atoms with E-state index in [-0.39, 0.29) is 24.5 Å². The Labute approximate surface area is 215 Å². The van der Waals surface area contributed by atoms with Gasteiger partial charge in [0, 0.05) is 38.2 Å². The third-order valence-corrected chi connectivity index (χ3v) is 6.75. The van der Waals surface area contributed by atoms with Crippen molar-refractivity contribution in [2.24, 2.45) is 0 Å². The van der Waals surface area contributed by atoms with Gasteiger partial charge >= 0.3 is 5.97 Å². The summed E-state index contributed by atoms with van der Waals surface area (Å²) in [4.78, 5) is 27.2. The number of esters is 1. The van der Waals surface area contributed by atoms with Crippen LogP contribution in [0.2, 0.25) is 10.0 Å². The average molecular weight is 524 g/mol. The van der Waals surface area contributed by atoms with Gasteiger partial charge in [0.1, 0.15) is 5.75 Å². The monoisotopic (exact) mass is 523 g/mol. The number of carbonyl (C=O) groups is 1. The van der Waals surface area contributed by atoms with Gasteiger partial charge in [0.05, 0.1) is 39.9 Å². The predicted molar refractivity (Wildman–Crippen MR) is 138 cm³/mol. The number of anilines is 1. The van der Waals surface area contributed by atoms with Gasteiger partial charge in [-0.3, -0.25) is 19.8 Å². The first-order chi connectivity index (χ1) is 16.9. The Balaban J connectivity index is 1.38. The summed E-state index contributed by atoms with van der Waals surface area (Å²) in [7, 11) is 0. The molecule has 2 aromatic carbocycles. The number of nitrogens with zero attached hydrogens (tertiary/aromatic N) is 3. The minimum atomic E-state index is -0.441. The first-order valence-electron chi connectivity index (χ1n) is 11.9. The van der Waals surface area contributed by atoms with Crippen molar-refractivity contribution in [1.29, 1.82) is 0 Å². The van der Waals surface area contributed by atoms with Crippen LogP contribution in [0, 0.1) is 10.1 Å². The standard InChI is InChI=1S/C25H31Cl2N3O5/c1-2-34-24(31)11-9-19-8-10-20(18-23(19)30(32)33)35-17-4-3-12-28-13-15-29(16-14-28)22-7-5-6-21(26)25(22)27/h5-8,10,18H,2-4,9,11-17H2,1H3. The molecule has 0 unspecified atom stereocenters. The van der Waals surface area contributed by atoms with Crippen LogP contribution >= 0.6 is 23.2 Å². The average Bonchev–Trinajstić information content (AvgIpc) is 2.85. The van der Waals surface area contributed by atoms with Gasteiger partial charge in [-0.2, -0.15) is 0 Å². The molecule has 0 amide bonds. The van der Waals surface area contributed by atoms with Gasteiger partial charge in [0.2, 0.25) is 0 Å². The number of nitro benzene ring substituents is 1. The maximum Gasteiger partial charge on any atom is 0.306 e. The van der Waals surface area contributed by atoms with Crippen LogP contribution in [0.4, 0.5) is 11.4 Å². The number of aryl methyl sites for hydroxylation is 1. The fourth-order valence-corrected chi connectivity index (χ4v) is 4.48. The molecule has 0 saturated carbocycles. The number of hydrogen-bond donors (Lipinski definition) is 0. The van der Waals surface area contributed by atoms with Gasteiger partial charge in [0.15, 0.2) is 0 Å². The maximum absolute atomic E-state index is 11.6. The molecular weight excluding hydrogens is 493 g/mol. The lowest BCUT2D eigenvalue weighted by Gasteiger charge is -2.36. The van der Waals surface area contributed by atoms with Gasteiger partial charge in [-0.1, -0.05) is 29.3 Å². The van der Waals surface area contributed by atoms with E-state index < -0.39 is 4.92 Å². The maximum atomic E-state index is 11.6. The SMILES string of the molecule is CCOC(=O)CCc1ccc(OCCCCN2CCN(c3cccc(Cl)c3Cl)CC2)cc1[N+](=O)[O-]. The summed E-state index contributed by atoms with van der Waals surface area (Å²) in [5.41, 5.74) is 1.44. The van der Waals surface area contributed by atoms with Gasteiger partial charge in [0.25, 0.3) is 5.69 Å². The van der Waals surface area contributed by atoms with E-state index >= 15 is 0 Å². The summed E-state index contributed by atoms with van der Waals surface area (Å²) >= 11 is 12.5. The Morgan fingerprint density at radius 2 is 1.89 bits per heavy atom. The number of halogens is 2. The Morgan fingerprint density at radius 1 is 1.11 bits per heavy atom. The number of rotatable bonds is 12. The van der Waals surface area contributed by atoms with Crippen LogP contribution in [-0.2, 0) is 16.0 Å². The molecule has 1 heterocycles. The van der Waals surface area contributed by atoms with Crippen molar-refractivity contribution in [3.8, 4) is 5.75 Å². The summed E-state index contributed by atoms with van der Waals surface area (Å²) in [5.74, 6) is 0.0976. The molecule has 0 spiro atoms. The molecule has 1 fully saturated rings. The minimum absolute atomic E-state index is 0.0375. The molecule has 2 aromatic rings. The summed E-state index contributed by atoms with van der Waals surface area (Å²) in [6, 6.07) is 10.5. The van der Waals surface area contributed by atoms with Crippen molar-refractivity contribution in [2.45, 2.75) is 32.6 Å².